The summed E-state index contributed by atoms with van der Waals surface area (Å²) in [6, 6.07) is 2.19. The molecule has 48 heavy (non-hydrogen) atoms. The van der Waals surface area contributed by atoms with Crippen molar-refractivity contribution in [2.75, 3.05) is 28.8 Å². The summed E-state index contributed by atoms with van der Waals surface area (Å²) in [6.07, 6.45) is 1.06. The standard InChI is InChI=1S/C27H31N11O8S2/c1-12(2)30-25-29-9-16(19(40)31-25)37(24(28)45)17(13-5-7-15(39)8-6-13)20(41)32-27(46-4)22(44)38-18(21(42)43)14(10-47-23(27)38)11-48-26-33-34-35-36(26)3/h5-9,12,17,23,39H,10-11H2,1-4H3,(H2,28,45)(H,32,41)(H,42,43)(H2,29,30,31,40)/t17?,23-,27-/m0/s1. The Morgan fingerprint density at radius 2 is 1.98 bits per heavy atom. The molecule has 0 bridgehead atoms. The Bertz CT molecular complexity index is 1850. The summed E-state index contributed by atoms with van der Waals surface area (Å²) in [5.74, 6) is -2.97. The van der Waals surface area contributed by atoms with Crippen molar-refractivity contribution in [3.8, 4) is 5.75 Å². The Hall–Kier alpha value is -5.15. The van der Waals surface area contributed by atoms with Crippen LogP contribution in [0.4, 0.5) is 16.4 Å². The fraction of sp³-hybridized carbons (Fsp3) is 0.370. The predicted octanol–water partition coefficient (Wildman–Crippen LogP) is -0.0493. The Balaban J connectivity index is 1.49. The number of aliphatic carboxylic acids is 1. The number of methoxy groups -OCH3 is 1. The molecule has 1 fully saturated rings. The number of primary amides is 1. The first kappa shape index (κ1) is 34.2. The quantitative estimate of drug-likeness (QED) is 0.0821. The number of aromatic hydroxyl groups is 1. The molecule has 2 aliphatic rings. The van der Waals surface area contributed by atoms with Crippen molar-refractivity contribution in [2.24, 2.45) is 12.8 Å². The fourth-order valence-electron chi connectivity index (χ4n) is 5.17. The number of phenols is 1. The van der Waals surface area contributed by atoms with E-state index in [2.05, 4.69) is 36.1 Å². The van der Waals surface area contributed by atoms with Crippen LogP contribution < -0.4 is 26.8 Å². The highest BCUT2D eigenvalue weighted by Gasteiger charge is 2.67. The molecule has 1 unspecified atom stereocenters. The Labute approximate surface area is 280 Å². The number of nitrogens with two attached hydrogens (primary N) is 1. The minimum atomic E-state index is -2.07. The number of urea groups is 1. The number of phenolic OH excluding ortho intramolecular Hbond substituents is 1. The molecule has 0 aliphatic carbocycles. The first-order valence-electron chi connectivity index (χ1n) is 14.1. The normalized spacial score (nSPS) is 19.4. The van der Waals surface area contributed by atoms with Crippen LogP contribution in [-0.2, 0) is 26.2 Å². The van der Waals surface area contributed by atoms with Crippen molar-refractivity contribution in [1.29, 1.82) is 0 Å². The summed E-state index contributed by atoms with van der Waals surface area (Å²) >= 11 is 2.34. The van der Waals surface area contributed by atoms with Crippen molar-refractivity contribution in [3.63, 3.8) is 0 Å². The first-order chi connectivity index (χ1) is 22.8. The number of amides is 4. The molecule has 1 aromatic carbocycles. The van der Waals surface area contributed by atoms with Crippen LogP contribution in [-0.4, -0.2) is 105 Å². The number of aromatic nitrogens is 6. The third-order valence-corrected chi connectivity index (χ3v) is 9.79. The second-order valence-corrected chi connectivity index (χ2v) is 12.9. The maximum absolute atomic E-state index is 14.2. The molecule has 4 heterocycles. The molecular formula is C27H31N11O8S2. The van der Waals surface area contributed by atoms with E-state index in [9.17, 15) is 34.2 Å². The number of aryl methyl sites for hydroxylation is 1. The topological polar surface area (TPSA) is 264 Å². The number of carboxylic acids is 1. The van der Waals surface area contributed by atoms with Crippen molar-refractivity contribution in [3.05, 3.63) is 57.6 Å². The van der Waals surface area contributed by atoms with E-state index in [1.54, 1.807) is 7.05 Å². The van der Waals surface area contributed by atoms with Gasteiger partial charge in [-0.25, -0.2) is 19.3 Å². The lowest BCUT2D eigenvalue weighted by Crippen LogP contribution is -2.81. The molecule has 5 rings (SSSR count). The van der Waals surface area contributed by atoms with Crippen molar-refractivity contribution >= 4 is 59.0 Å². The van der Waals surface area contributed by atoms with Gasteiger partial charge >= 0.3 is 12.0 Å². The number of nitrogens with one attached hydrogen (secondary N) is 3. The number of H-pyrrole nitrogens is 1. The SMILES string of the molecule is CO[C@@]1(NC(=O)C(c2ccc(O)cc2)N(C(N)=O)c2cnc(NC(C)C)[nH]c2=O)C(=O)N2C(C(=O)O)=C(CSc3nnnn3C)CS[C@H]21. The number of ether oxygens (including phenoxy) is 1. The lowest BCUT2D eigenvalue weighted by Gasteiger charge is -2.56. The van der Waals surface area contributed by atoms with E-state index in [0.29, 0.717) is 15.6 Å². The number of fused-ring (bicyclic) bond motifs is 1. The monoisotopic (exact) mass is 701 g/mol. The molecule has 4 amide bonds. The number of anilines is 2. The molecular weight excluding hydrogens is 670 g/mol. The summed E-state index contributed by atoms with van der Waals surface area (Å²) < 4.78 is 7.02. The number of β-lactam (4-membered cyclic amide) rings is 1. The highest BCUT2D eigenvalue weighted by Crippen LogP contribution is 2.47. The summed E-state index contributed by atoms with van der Waals surface area (Å²) in [7, 11) is 2.80. The molecule has 7 N–H and O–H groups in total. The number of aromatic amines is 1. The van der Waals surface area contributed by atoms with Gasteiger partial charge in [0.1, 0.15) is 28.5 Å². The highest BCUT2D eigenvalue weighted by molar-refractivity contribution is 8.01. The van der Waals surface area contributed by atoms with Crippen LogP contribution in [0.15, 0.2) is 51.7 Å². The lowest BCUT2D eigenvalue weighted by atomic mass is 9.96. The number of tetrazole rings is 1. The van der Waals surface area contributed by atoms with E-state index < -0.39 is 46.5 Å². The smallest absolute Gasteiger partial charge is 0.352 e. The van der Waals surface area contributed by atoms with Crippen molar-refractivity contribution < 1.29 is 34.1 Å². The van der Waals surface area contributed by atoms with Gasteiger partial charge in [-0.1, -0.05) is 23.9 Å². The Morgan fingerprint density at radius 1 is 1.27 bits per heavy atom. The fourth-order valence-corrected chi connectivity index (χ4v) is 7.59. The number of rotatable bonds is 12. The second kappa shape index (κ2) is 13.5. The Morgan fingerprint density at radius 3 is 2.54 bits per heavy atom. The van der Waals surface area contributed by atoms with Gasteiger partial charge in [-0.2, -0.15) is 0 Å². The molecule has 254 valence electrons. The number of hydrogen-bond donors (Lipinski definition) is 6. The molecule has 0 spiro atoms. The molecule has 3 aromatic rings. The summed E-state index contributed by atoms with van der Waals surface area (Å²) in [5.41, 5.74) is 2.73. The van der Waals surface area contributed by atoms with Crippen LogP contribution >= 0.6 is 23.5 Å². The molecule has 19 nitrogen and oxygen atoms in total. The van der Waals surface area contributed by atoms with Crippen LogP contribution in [0.3, 0.4) is 0 Å². The average Bonchev–Trinajstić information content (AvgIpc) is 3.45. The molecule has 2 aliphatic heterocycles. The summed E-state index contributed by atoms with van der Waals surface area (Å²) in [6.45, 7) is 3.64. The van der Waals surface area contributed by atoms with Crippen molar-refractivity contribution in [1.82, 2.24) is 40.4 Å². The zero-order valence-electron chi connectivity index (χ0n) is 25.9. The van der Waals surface area contributed by atoms with Crippen molar-refractivity contribution in [2.45, 2.75) is 42.2 Å². The van der Waals surface area contributed by atoms with Gasteiger partial charge < -0.3 is 31.3 Å². The predicted molar refractivity (Wildman–Crippen MR) is 172 cm³/mol. The number of carbonyl (C=O) groups is 4. The van der Waals surface area contributed by atoms with E-state index in [-0.39, 0.29) is 46.2 Å². The zero-order valence-corrected chi connectivity index (χ0v) is 27.5. The van der Waals surface area contributed by atoms with Gasteiger partial charge in [0.15, 0.2) is 0 Å². The van der Waals surface area contributed by atoms with Crippen LogP contribution in [0.1, 0.15) is 25.5 Å². The minimum absolute atomic E-state index is 0.0918. The highest BCUT2D eigenvalue weighted by atomic mass is 32.2. The lowest BCUT2D eigenvalue weighted by molar-refractivity contribution is -0.192. The van der Waals surface area contributed by atoms with Gasteiger partial charge in [0.05, 0.1) is 6.20 Å². The largest absolute Gasteiger partial charge is 0.508 e. The number of nitrogens with zero attached hydrogens (tertiary/aromatic N) is 7. The summed E-state index contributed by atoms with van der Waals surface area (Å²) in [5, 5.41) is 36.1. The average molecular weight is 702 g/mol. The van der Waals surface area contributed by atoms with Gasteiger partial charge in [-0.15, -0.1) is 16.9 Å². The van der Waals surface area contributed by atoms with Gasteiger partial charge in [0.2, 0.25) is 11.1 Å². The maximum atomic E-state index is 14.2. The van der Waals surface area contributed by atoms with Crippen LogP contribution in [0.5, 0.6) is 5.75 Å². The first-order valence-corrected chi connectivity index (χ1v) is 16.2. The van der Waals surface area contributed by atoms with E-state index in [1.807, 2.05) is 13.8 Å². The van der Waals surface area contributed by atoms with Crippen LogP contribution in [0.2, 0.25) is 0 Å². The minimum Gasteiger partial charge on any atom is -0.508 e. The molecule has 1 saturated heterocycles. The molecule has 2 aromatic heterocycles. The van der Waals surface area contributed by atoms with E-state index >= 15 is 0 Å². The van der Waals surface area contributed by atoms with E-state index in [0.717, 1.165) is 22.9 Å². The van der Waals surface area contributed by atoms with Gasteiger partial charge in [0.25, 0.3) is 23.1 Å². The van der Waals surface area contributed by atoms with Crippen LogP contribution in [0, 0.1) is 0 Å². The third-order valence-electron chi connectivity index (χ3n) is 7.32. The zero-order chi connectivity index (χ0) is 34.9. The Kier molecular flexibility index (Phi) is 9.64. The number of carbonyl (C=O) groups excluding carboxylic acids is 3. The maximum Gasteiger partial charge on any atom is 0.352 e. The molecule has 3 atom stereocenters. The molecule has 0 saturated carbocycles. The molecule has 0 radical (unpaired) electrons. The second-order valence-electron chi connectivity index (χ2n) is 10.8. The number of hydrogen-bond acceptors (Lipinski definition) is 14. The number of carboxylic acid groups (broad SMARTS) is 1. The van der Waals surface area contributed by atoms with E-state index in [4.69, 9.17) is 10.5 Å². The van der Waals surface area contributed by atoms with Gasteiger partial charge in [0, 0.05) is 31.7 Å². The van der Waals surface area contributed by atoms with E-state index in [1.165, 1.54) is 47.8 Å². The number of thioether (sulfide) groups is 2. The summed E-state index contributed by atoms with van der Waals surface area (Å²) in [4.78, 5) is 75.0. The van der Waals surface area contributed by atoms with Crippen LogP contribution in [0.25, 0.3) is 0 Å². The van der Waals surface area contributed by atoms with Gasteiger partial charge in [-0.3, -0.25) is 29.2 Å². The molecule has 21 heteroatoms. The number of benzene rings is 1. The van der Waals surface area contributed by atoms with Gasteiger partial charge in [-0.05, 0) is 47.5 Å². The third kappa shape index (κ3) is 6.25.